The maximum absolute atomic E-state index is 11.7. The Kier molecular flexibility index (Phi) is 2.95. The Morgan fingerprint density at radius 2 is 1.89 bits per heavy atom. The molecule has 0 heterocycles. The van der Waals surface area contributed by atoms with E-state index in [0.717, 1.165) is 6.26 Å². The van der Waals surface area contributed by atoms with Gasteiger partial charge in [0.2, 0.25) is 0 Å². The normalized spacial score (nSPS) is 31.0. The maximum Gasteiger partial charge on any atom is 0.314 e. The first-order valence-electron chi connectivity index (χ1n) is 5.43. The Morgan fingerprint density at radius 3 is 2.22 bits per heavy atom. The van der Waals surface area contributed by atoms with Crippen molar-refractivity contribution < 1.29 is 23.4 Å². The van der Waals surface area contributed by atoms with Crippen molar-refractivity contribution in [2.24, 2.45) is 5.41 Å². The topological polar surface area (TPSA) is 91.7 Å². The molecule has 1 saturated carbocycles. The second-order valence-corrected chi connectivity index (χ2v) is 6.81. The van der Waals surface area contributed by atoms with Gasteiger partial charge in [-0.1, -0.05) is 30.3 Å². The van der Waals surface area contributed by atoms with Gasteiger partial charge in [-0.2, -0.15) is 0 Å². The lowest BCUT2D eigenvalue weighted by molar-refractivity contribution is -0.145. The zero-order chi connectivity index (χ0) is 13.6. The van der Waals surface area contributed by atoms with Gasteiger partial charge in [-0.25, -0.2) is 8.42 Å². The molecule has 0 aromatic heterocycles. The minimum atomic E-state index is -3.53. The molecule has 0 saturated heterocycles. The van der Waals surface area contributed by atoms with E-state index in [0.29, 0.717) is 5.56 Å². The Balaban J connectivity index is 2.51. The van der Waals surface area contributed by atoms with E-state index in [1.54, 1.807) is 30.3 Å². The number of carboxylic acid groups (broad SMARTS) is 1. The number of aliphatic hydroxyl groups is 1. The smallest absolute Gasteiger partial charge is 0.314 e. The number of rotatable bonds is 4. The third-order valence-corrected chi connectivity index (χ3v) is 5.15. The van der Waals surface area contributed by atoms with Crippen LogP contribution in [0.1, 0.15) is 11.5 Å². The molecule has 1 aliphatic rings. The molecule has 2 N–H and O–H groups in total. The number of hydrogen-bond acceptors (Lipinski definition) is 4. The molecule has 0 amide bonds. The molecule has 1 aliphatic carbocycles. The highest BCUT2D eigenvalue weighted by atomic mass is 32.2. The molecule has 0 aliphatic heterocycles. The van der Waals surface area contributed by atoms with E-state index in [-0.39, 0.29) is 0 Å². The van der Waals surface area contributed by atoms with E-state index in [9.17, 15) is 23.4 Å². The summed E-state index contributed by atoms with van der Waals surface area (Å²) >= 11 is 0. The van der Waals surface area contributed by atoms with Crippen LogP contribution in [0.3, 0.4) is 0 Å². The van der Waals surface area contributed by atoms with Gasteiger partial charge in [0, 0.05) is 12.2 Å². The summed E-state index contributed by atoms with van der Waals surface area (Å²) in [6, 6.07) is 8.57. The van der Waals surface area contributed by atoms with Crippen molar-refractivity contribution in [1.29, 1.82) is 0 Å². The predicted molar refractivity (Wildman–Crippen MR) is 65.0 cm³/mol. The van der Waals surface area contributed by atoms with Gasteiger partial charge in [-0.05, 0) is 5.56 Å². The fraction of sp³-hybridized carbons (Fsp3) is 0.417. The first kappa shape index (κ1) is 13.0. The molecule has 0 unspecified atom stereocenters. The average Bonchev–Trinajstić information content (AvgIpc) is 3.00. The summed E-state index contributed by atoms with van der Waals surface area (Å²) in [5.74, 6) is -1.95. The van der Waals surface area contributed by atoms with E-state index < -0.39 is 39.0 Å². The van der Waals surface area contributed by atoms with Gasteiger partial charge in [0.15, 0.2) is 9.84 Å². The lowest BCUT2D eigenvalue weighted by Crippen LogP contribution is -2.27. The number of aliphatic hydroxyl groups excluding tert-OH is 1. The van der Waals surface area contributed by atoms with Gasteiger partial charge < -0.3 is 10.2 Å². The first-order valence-corrected chi connectivity index (χ1v) is 7.39. The minimum Gasteiger partial charge on any atom is -0.481 e. The second kappa shape index (κ2) is 4.07. The van der Waals surface area contributed by atoms with Crippen LogP contribution in [-0.4, -0.2) is 42.7 Å². The molecule has 2 rings (SSSR count). The van der Waals surface area contributed by atoms with Crippen molar-refractivity contribution in [2.45, 2.75) is 11.2 Å². The van der Waals surface area contributed by atoms with Crippen LogP contribution in [0, 0.1) is 5.41 Å². The van der Waals surface area contributed by atoms with Crippen LogP contribution < -0.4 is 0 Å². The summed E-state index contributed by atoms with van der Waals surface area (Å²) < 4.78 is 23.4. The first-order chi connectivity index (χ1) is 8.35. The van der Waals surface area contributed by atoms with Gasteiger partial charge in [-0.3, -0.25) is 4.79 Å². The van der Waals surface area contributed by atoms with E-state index in [1.807, 2.05) is 0 Å². The monoisotopic (exact) mass is 270 g/mol. The second-order valence-electron chi connectivity index (χ2n) is 4.64. The SMILES string of the molecule is CS(=O)(=O)[C@H]1[C@@H](c2ccccc2)[C@@]1(CO)C(=O)O. The Morgan fingerprint density at radius 1 is 1.33 bits per heavy atom. The molecule has 3 atom stereocenters. The summed E-state index contributed by atoms with van der Waals surface area (Å²) in [7, 11) is -3.53. The van der Waals surface area contributed by atoms with Crippen molar-refractivity contribution >= 4 is 15.8 Å². The standard InChI is InChI=1S/C12H14O5S/c1-18(16,17)10-9(8-5-3-2-4-6-8)12(10,7-13)11(14)15/h2-6,9-10,13H,7H2,1H3,(H,14,15)/t9-,10+,12-/m1/s1. The molecule has 1 fully saturated rings. The van der Waals surface area contributed by atoms with Gasteiger partial charge >= 0.3 is 5.97 Å². The van der Waals surface area contributed by atoms with Crippen molar-refractivity contribution in [3.8, 4) is 0 Å². The summed E-state index contributed by atoms with van der Waals surface area (Å²) in [6.07, 6.45) is 1.01. The van der Waals surface area contributed by atoms with Gasteiger partial charge in [0.05, 0.1) is 11.9 Å². The van der Waals surface area contributed by atoms with Crippen LogP contribution in [0.25, 0.3) is 0 Å². The highest BCUT2D eigenvalue weighted by Gasteiger charge is 2.74. The lowest BCUT2D eigenvalue weighted by atomic mass is 10.0. The molecular weight excluding hydrogens is 256 g/mol. The van der Waals surface area contributed by atoms with E-state index in [1.165, 1.54) is 0 Å². The van der Waals surface area contributed by atoms with Crippen molar-refractivity contribution in [1.82, 2.24) is 0 Å². The van der Waals surface area contributed by atoms with Crippen LogP contribution in [0.5, 0.6) is 0 Å². The van der Waals surface area contributed by atoms with Crippen LogP contribution in [0.2, 0.25) is 0 Å². The van der Waals surface area contributed by atoms with Crippen LogP contribution in [0.4, 0.5) is 0 Å². The van der Waals surface area contributed by atoms with E-state index in [4.69, 9.17) is 0 Å². The van der Waals surface area contributed by atoms with Crippen LogP contribution >= 0.6 is 0 Å². The lowest BCUT2D eigenvalue weighted by Gasteiger charge is -2.08. The number of aliphatic carboxylic acids is 1. The number of carbonyl (C=O) groups is 1. The zero-order valence-electron chi connectivity index (χ0n) is 9.78. The molecule has 98 valence electrons. The molecular formula is C12H14O5S. The molecule has 1 aromatic rings. The summed E-state index contributed by atoms with van der Waals surface area (Å²) in [6.45, 7) is -0.681. The Hall–Kier alpha value is -1.40. The fourth-order valence-electron chi connectivity index (χ4n) is 2.68. The van der Waals surface area contributed by atoms with E-state index in [2.05, 4.69) is 0 Å². The van der Waals surface area contributed by atoms with Crippen molar-refractivity contribution in [3.05, 3.63) is 35.9 Å². The third kappa shape index (κ3) is 1.72. The number of sulfone groups is 1. The summed E-state index contributed by atoms with van der Waals surface area (Å²) in [5, 5.41) is 17.5. The molecule has 0 spiro atoms. The largest absolute Gasteiger partial charge is 0.481 e. The van der Waals surface area contributed by atoms with Gasteiger partial charge in [0.1, 0.15) is 5.41 Å². The average molecular weight is 270 g/mol. The highest BCUT2D eigenvalue weighted by Crippen LogP contribution is 2.62. The van der Waals surface area contributed by atoms with Crippen molar-refractivity contribution in [3.63, 3.8) is 0 Å². The molecule has 0 bridgehead atoms. The molecule has 6 heteroatoms. The van der Waals surface area contributed by atoms with Crippen LogP contribution in [0.15, 0.2) is 30.3 Å². The fourth-order valence-corrected chi connectivity index (χ4v) is 4.58. The van der Waals surface area contributed by atoms with Gasteiger partial charge in [0.25, 0.3) is 0 Å². The molecule has 1 aromatic carbocycles. The number of carboxylic acids is 1. The predicted octanol–water partition coefficient (Wildman–Crippen LogP) is 0.260. The number of hydrogen-bond donors (Lipinski definition) is 2. The van der Waals surface area contributed by atoms with E-state index >= 15 is 0 Å². The summed E-state index contributed by atoms with van der Waals surface area (Å²) in [5.41, 5.74) is -0.973. The van der Waals surface area contributed by atoms with Gasteiger partial charge in [-0.15, -0.1) is 0 Å². The van der Waals surface area contributed by atoms with Crippen LogP contribution in [-0.2, 0) is 14.6 Å². The number of benzene rings is 1. The Labute approximate surface area is 105 Å². The third-order valence-electron chi connectivity index (χ3n) is 3.54. The quantitative estimate of drug-likeness (QED) is 0.819. The molecule has 5 nitrogen and oxygen atoms in total. The molecule has 0 radical (unpaired) electrons. The summed E-state index contributed by atoms with van der Waals surface area (Å²) in [4.78, 5) is 11.3. The Bertz CT molecular complexity index is 565. The van der Waals surface area contributed by atoms with Crippen molar-refractivity contribution in [2.75, 3.05) is 12.9 Å². The highest BCUT2D eigenvalue weighted by molar-refractivity contribution is 7.91. The zero-order valence-corrected chi connectivity index (χ0v) is 10.6. The molecule has 18 heavy (non-hydrogen) atoms. The minimum absolute atomic E-state index is 0.629. The maximum atomic E-state index is 11.7.